The number of halogens is 1. The van der Waals surface area contributed by atoms with E-state index in [0.717, 1.165) is 29.0 Å². The summed E-state index contributed by atoms with van der Waals surface area (Å²) in [6.45, 7) is 2.14. The maximum Gasteiger partial charge on any atom is 0.131 e. The van der Waals surface area contributed by atoms with E-state index >= 15 is 0 Å². The molecule has 3 aromatic rings. The van der Waals surface area contributed by atoms with Crippen molar-refractivity contribution in [3.05, 3.63) is 35.1 Å². The highest BCUT2D eigenvalue weighted by Crippen LogP contribution is 2.28. The van der Waals surface area contributed by atoms with Crippen LogP contribution in [0.2, 0.25) is 5.02 Å². The average Bonchev–Trinajstić information content (AvgIpc) is 3.12. The Morgan fingerprint density at radius 2 is 2.24 bits per heavy atom. The Kier molecular flexibility index (Phi) is 4.45. The summed E-state index contributed by atoms with van der Waals surface area (Å²) in [4.78, 5) is 0. The molecular weight excluding hydrogens is 310 g/mol. The molecule has 0 unspecified atom stereocenters. The van der Waals surface area contributed by atoms with Gasteiger partial charge in [-0.1, -0.05) is 11.6 Å². The molecule has 0 fully saturated rings. The molecule has 0 bridgehead atoms. The zero-order chi connectivity index (χ0) is 14.7. The molecule has 3 rings (SSSR count). The summed E-state index contributed by atoms with van der Waals surface area (Å²) in [6.07, 6.45) is 1.88. The van der Waals surface area contributed by atoms with Gasteiger partial charge >= 0.3 is 0 Å². The molecule has 2 heterocycles. The number of benzene rings is 1. The highest BCUT2D eigenvalue weighted by Gasteiger charge is 2.13. The van der Waals surface area contributed by atoms with Crippen LogP contribution in [-0.4, -0.2) is 38.8 Å². The minimum Gasteiger partial charge on any atom is -0.383 e. The van der Waals surface area contributed by atoms with Crippen LogP contribution in [0.1, 0.15) is 5.69 Å². The first-order valence-corrected chi connectivity index (χ1v) is 7.56. The quantitative estimate of drug-likeness (QED) is 0.705. The minimum atomic E-state index is 0.609. The largest absolute Gasteiger partial charge is 0.383 e. The number of hydrogen-bond donors (Lipinski definition) is 1. The Labute approximate surface area is 131 Å². The van der Waals surface area contributed by atoms with Crippen molar-refractivity contribution in [2.24, 2.45) is 0 Å². The second-order valence-corrected chi connectivity index (χ2v) is 5.38. The van der Waals surface area contributed by atoms with Gasteiger partial charge in [0.15, 0.2) is 0 Å². The summed E-state index contributed by atoms with van der Waals surface area (Å²) in [7, 11) is 1.68. The highest BCUT2D eigenvalue weighted by molar-refractivity contribution is 7.00. The molecule has 2 aromatic heterocycles. The van der Waals surface area contributed by atoms with E-state index in [-0.39, 0.29) is 0 Å². The number of fused-ring (bicyclic) bond motifs is 1. The van der Waals surface area contributed by atoms with Gasteiger partial charge < -0.3 is 10.1 Å². The molecule has 8 heteroatoms. The van der Waals surface area contributed by atoms with E-state index in [1.165, 1.54) is 11.7 Å². The summed E-state index contributed by atoms with van der Waals surface area (Å²) < 4.78 is 15.3. The summed E-state index contributed by atoms with van der Waals surface area (Å²) in [5.74, 6) is 0. The third-order valence-electron chi connectivity index (χ3n) is 3.01. The second kappa shape index (κ2) is 6.48. The smallest absolute Gasteiger partial charge is 0.131 e. The maximum atomic E-state index is 6.29. The normalized spacial score (nSPS) is 11.3. The standard InChI is InChI=1S/C13H14ClN5OS/c1-20-7-5-15-8-9-4-6-19(16-9)13-10(14)2-3-11-12(13)18-21-17-11/h2-4,6,15H,5,7-8H2,1H3. The van der Waals surface area contributed by atoms with Crippen LogP contribution >= 0.6 is 23.3 Å². The van der Waals surface area contributed by atoms with Crippen LogP contribution in [0.4, 0.5) is 0 Å². The minimum absolute atomic E-state index is 0.609. The zero-order valence-corrected chi connectivity index (χ0v) is 13.0. The number of hydrogen-bond acceptors (Lipinski definition) is 6. The number of methoxy groups -OCH3 is 1. The molecule has 0 aliphatic heterocycles. The van der Waals surface area contributed by atoms with Crippen molar-refractivity contribution >= 4 is 34.4 Å². The first-order chi connectivity index (χ1) is 10.3. The Bertz CT molecular complexity index is 741. The summed E-state index contributed by atoms with van der Waals surface area (Å²) in [6, 6.07) is 5.63. The average molecular weight is 324 g/mol. The van der Waals surface area contributed by atoms with Crippen LogP contribution in [0.15, 0.2) is 24.4 Å². The molecule has 6 nitrogen and oxygen atoms in total. The van der Waals surface area contributed by atoms with E-state index in [2.05, 4.69) is 19.2 Å². The van der Waals surface area contributed by atoms with Crippen molar-refractivity contribution < 1.29 is 4.74 Å². The predicted octanol–water partition coefficient (Wildman–Crippen LogP) is 2.27. The van der Waals surface area contributed by atoms with Gasteiger partial charge in [0.05, 0.1) is 29.1 Å². The van der Waals surface area contributed by atoms with Crippen LogP contribution in [0.3, 0.4) is 0 Å². The molecule has 110 valence electrons. The molecule has 21 heavy (non-hydrogen) atoms. The number of nitrogens with zero attached hydrogens (tertiary/aromatic N) is 4. The Morgan fingerprint density at radius 1 is 1.33 bits per heavy atom. The van der Waals surface area contributed by atoms with Crippen molar-refractivity contribution in [3.63, 3.8) is 0 Å². The van der Waals surface area contributed by atoms with E-state index in [1.54, 1.807) is 11.8 Å². The number of rotatable bonds is 6. The highest BCUT2D eigenvalue weighted by atomic mass is 35.5. The molecule has 0 spiro atoms. The van der Waals surface area contributed by atoms with E-state index in [4.69, 9.17) is 16.3 Å². The maximum absolute atomic E-state index is 6.29. The van der Waals surface area contributed by atoms with Gasteiger partial charge in [0.25, 0.3) is 0 Å². The lowest BCUT2D eigenvalue weighted by Gasteiger charge is -2.05. The van der Waals surface area contributed by atoms with Crippen molar-refractivity contribution in [2.75, 3.05) is 20.3 Å². The molecule has 0 amide bonds. The molecular formula is C13H14ClN5OS. The van der Waals surface area contributed by atoms with Gasteiger partial charge in [-0.2, -0.15) is 13.8 Å². The van der Waals surface area contributed by atoms with Crippen molar-refractivity contribution in [1.29, 1.82) is 0 Å². The fraction of sp³-hybridized carbons (Fsp3) is 0.308. The third kappa shape index (κ3) is 3.06. The van der Waals surface area contributed by atoms with E-state index in [9.17, 15) is 0 Å². The van der Waals surface area contributed by atoms with E-state index in [1.807, 2.05) is 24.4 Å². The van der Waals surface area contributed by atoms with Gasteiger partial charge in [0.2, 0.25) is 0 Å². The topological polar surface area (TPSA) is 64.9 Å². The van der Waals surface area contributed by atoms with Crippen LogP contribution < -0.4 is 5.32 Å². The third-order valence-corrected chi connectivity index (χ3v) is 3.86. The molecule has 0 aliphatic rings. The van der Waals surface area contributed by atoms with Crippen molar-refractivity contribution in [1.82, 2.24) is 23.8 Å². The van der Waals surface area contributed by atoms with E-state index < -0.39 is 0 Å². The predicted molar refractivity (Wildman–Crippen MR) is 83.1 cm³/mol. The monoisotopic (exact) mass is 323 g/mol. The van der Waals surface area contributed by atoms with Gasteiger partial charge in [-0.15, -0.1) is 0 Å². The summed E-state index contributed by atoms with van der Waals surface area (Å²) >= 11 is 7.46. The number of ether oxygens (including phenoxy) is 1. The number of nitrogens with one attached hydrogen (secondary N) is 1. The van der Waals surface area contributed by atoms with Gasteiger partial charge in [-0.25, -0.2) is 4.68 Å². The molecule has 0 aliphatic carbocycles. The molecule has 1 aromatic carbocycles. The molecule has 0 radical (unpaired) electrons. The molecule has 1 N–H and O–H groups in total. The molecule has 0 atom stereocenters. The zero-order valence-electron chi connectivity index (χ0n) is 11.4. The van der Waals surface area contributed by atoms with Gasteiger partial charge in [-0.3, -0.25) is 0 Å². The first-order valence-electron chi connectivity index (χ1n) is 6.45. The van der Waals surface area contributed by atoms with Crippen LogP contribution in [-0.2, 0) is 11.3 Å². The van der Waals surface area contributed by atoms with Gasteiger partial charge in [-0.05, 0) is 18.2 Å². The van der Waals surface area contributed by atoms with Crippen molar-refractivity contribution in [3.8, 4) is 5.69 Å². The van der Waals surface area contributed by atoms with E-state index in [0.29, 0.717) is 18.2 Å². The van der Waals surface area contributed by atoms with Gasteiger partial charge in [0.1, 0.15) is 16.7 Å². The lowest BCUT2D eigenvalue weighted by Crippen LogP contribution is -2.18. The Balaban J connectivity index is 1.84. The lowest BCUT2D eigenvalue weighted by atomic mass is 10.2. The lowest BCUT2D eigenvalue weighted by molar-refractivity contribution is 0.199. The second-order valence-electron chi connectivity index (χ2n) is 4.45. The fourth-order valence-corrected chi connectivity index (χ4v) is 2.78. The summed E-state index contributed by atoms with van der Waals surface area (Å²) in [5.41, 5.74) is 3.30. The fourth-order valence-electron chi connectivity index (χ4n) is 2.00. The first kappa shape index (κ1) is 14.4. The van der Waals surface area contributed by atoms with Crippen LogP contribution in [0, 0.1) is 0 Å². The van der Waals surface area contributed by atoms with Crippen LogP contribution in [0.5, 0.6) is 0 Å². The number of aromatic nitrogens is 4. The Hall–Kier alpha value is -1.54. The Morgan fingerprint density at radius 3 is 3.10 bits per heavy atom. The molecule has 0 saturated carbocycles. The van der Waals surface area contributed by atoms with Crippen LogP contribution in [0.25, 0.3) is 16.7 Å². The summed E-state index contributed by atoms with van der Waals surface area (Å²) in [5, 5.41) is 8.40. The SMILES string of the molecule is COCCNCc1ccn(-c2c(Cl)ccc3nsnc23)n1. The van der Waals surface area contributed by atoms with Gasteiger partial charge in [0, 0.05) is 26.4 Å². The molecule has 0 saturated heterocycles. The van der Waals surface area contributed by atoms with Crippen molar-refractivity contribution in [2.45, 2.75) is 6.54 Å².